The number of pyridine rings is 1. The van der Waals surface area contributed by atoms with Crippen molar-refractivity contribution in [2.24, 2.45) is 10.7 Å². The highest BCUT2D eigenvalue weighted by atomic mass is 32.2. The number of hydrogen-bond donors (Lipinski definition) is 2. The van der Waals surface area contributed by atoms with Crippen molar-refractivity contribution in [1.82, 2.24) is 4.98 Å². The van der Waals surface area contributed by atoms with Gasteiger partial charge in [-0.2, -0.15) is 0 Å². The molecule has 0 aliphatic carbocycles. The van der Waals surface area contributed by atoms with Gasteiger partial charge in [0.05, 0.1) is 35.8 Å². The second-order valence-electron chi connectivity index (χ2n) is 6.24. The Morgan fingerprint density at radius 1 is 1.41 bits per heavy atom. The minimum Gasteiger partial charge on any atom is -0.492 e. The molecule has 3 N–H and O–H groups in total. The maximum atomic E-state index is 13.7. The quantitative estimate of drug-likeness (QED) is 0.742. The van der Waals surface area contributed by atoms with Crippen molar-refractivity contribution in [3.05, 3.63) is 54.1 Å². The zero-order chi connectivity index (χ0) is 21.0. The molecule has 8 nitrogen and oxygen atoms in total. The fraction of sp³-hybridized carbons (Fsp3) is 0.263. The van der Waals surface area contributed by atoms with Crippen LogP contribution >= 0.6 is 0 Å². The number of nitrogens with two attached hydrogens (primary N) is 1. The minimum atomic E-state index is -4.14. The van der Waals surface area contributed by atoms with Crippen LogP contribution in [-0.2, 0) is 10.0 Å². The number of sulfonamides is 1. The number of rotatable bonds is 6. The molecule has 1 atom stereocenters. The van der Waals surface area contributed by atoms with Gasteiger partial charge in [0.15, 0.2) is 0 Å². The first-order valence-corrected chi connectivity index (χ1v) is 10.4. The lowest BCUT2D eigenvalue weighted by Gasteiger charge is -2.14. The van der Waals surface area contributed by atoms with Crippen molar-refractivity contribution in [3.8, 4) is 11.6 Å². The Kier molecular flexibility index (Phi) is 6.02. The lowest BCUT2D eigenvalue weighted by Crippen LogP contribution is -2.16. The van der Waals surface area contributed by atoms with Crippen LogP contribution in [0.15, 0.2) is 52.6 Å². The van der Waals surface area contributed by atoms with Crippen LogP contribution in [0.4, 0.5) is 10.1 Å². The molecule has 2 aromatic rings. The smallest absolute Gasteiger partial charge is 0.265 e. The summed E-state index contributed by atoms with van der Waals surface area (Å²) >= 11 is 0. The first kappa shape index (κ1) is 20.6. The lowest BCUT2D eigenvalue weighted by molar-refractivity contribution is 0.289. The Morgan fingerprint density at radius 2 is 2.21 bits per heavy atom. The predicted molar refractivity (Wildman–Crippen MR) is 107 cm³/mol. The maximum Gasteiger partial charge on any atom is 0.265 e. The van der Waals surface area contributed by atoms with Crippen molar-refractivity contribution >= 4 is 21.4 Å². The molecule has 1 aromatic heterocycles. The highest BCUT2D eigenvalue weighted by Gasteiger charge is 2.23. The van der Waals surface area contributed by atoms with Gasteiger partial charge < -0.3 is 15.2 Å². The summed E-state index contributed by atoms with van der Waals surface area (Å²) in [5, 5.41) is 0. The van der Waals surface area contributed by atoms with Gasteiger partial charge in [0, 0.05) is 0 Å². The van der Waals surface area contributed by atoms with Crippen LogP contribution in [0, 0.1) is 5.82 Å². The number of aliphatic imine (C=N–C) groups is 1. The second kappa shape index (κ2) is 8.48. The monoisotopic (exact) mass is 420 g/mol. The zero-order valence-electron chi connectivity index (χ0n) is 15.9. The van der Waals surface area contributed by atoms with Gasteiger partial charge in [0.25, 0.3) is 10.0 Å². The van der Waals surface area contributed by atoms with Gasteiger partial charge in [-0.15, -0.1) is 0 Å². The SMILES string of the molecule is CCOc1ccc(F)cc1S(=O)(=O)Nc1cnc2c(c1)C(C=CN)=N[C@@H](C)CO2. The van der Waals surface area contributed by atoms with Crippen LogP contribution in [-0.4, -0.2) is 38.4 Å². The summed E-state index contributed by atoms with van der Waals surface area (Å²) in [6.07, 6.45) is 4.23. The molecule has 0 bridgehead atoms. The average molecular weight is 420 g/mol. The Balaban J connectivity index is 2.00. The van der Waals surface area contributed by atoms with E-state index in [1.165, 1.54) is 24.5 Å². The molecule has 0 amide bonds. The third-order valence-corrected chi connectivity index (χ3v) is 5.35. The van der Waals surface area contributed by atoms with E-state index in [4.69, 9.17) is 15.2 Å². The molecular formula is C19H21FN4O4S. The number of hydrogen-bond acceptors (Lipinski definition) is 7. The van der Waals surface area contributed by atoms with E-state index in [1.807, 2.05) is 6.92 Å². The molecule has 0 radical (unpaired) electrons. The fourth-order valence-electron chi connectivity index (χ4n) is 2.75. The summed E-state index contributed by atoms with van der Waals surface area (Å²) < 4.78 is 52.8. The molecule has 154 valence electrons. The summed E-state index contributed by atoms with van der Waals surface area (Å²) in [5.41, 5.74) is 6.67. The number of ether oxygens (including phenoxy) is 2. The van der Waals surface area contributed by atoms with Crippen molar-refractivity contribution in [3.63, 3.8) is 0 Å². The number of fused-ring (bicyclic) bond motifs is 1. The molecule has 10 heteroatoms. The molecule has 0 spiro atoms. The van der Waals surface area contributed by atoms with Gasteiger partial charge in [-0.3, -0.25) is 9.71 Å². The van der Waals surface area contributed by atoms with Crippen molar-refractivity contribution < 1.29 is 22.3 Å². The summed E-state index contributed by atoms with van der Waals surface area (Å²) in [6, 6.07) is 4.72. The van der Waals surface area contributed by atoms with Gasteiger partial charge in [-0.1, -0.05) is 0 Å². The molecule has 1 aromatic carbocycles. The molecule has 0 saturated heterocycles. The van der Waals surface area contributed by atoms with E-state index in [2.05, 4.69) is 14.7 Å². The molecule has 29 heavy (non-hydrogen) atoms. The molecule has 1 aliphatic heterocycles. The predicted octanol–water partition coefficient (Wildman–Crippen LogP) is 2.46. The topological polar surface area (TPSA) is 116 Å². The van der Waals surface area contributed by atoms with Crippen LogP contribution in [0.25, 0.3) is 0 Å². The summed E-state index contributed by atoms with van der Waals surface area (Å²) in [5.74, 6) is -0.330. The van der Waals surface area contributed by atoms with Gasteiger partial charge in [-0.05, 0) is 50.4 Å². The van der Waals surface area contributed by atoms with E-state index < -0.39 is 15.8 Å². The molecule has 3 rings (SSSR count). The second-order valence-corrected chi connectivity index (χ2v) is 7.89. The number of allylic oxidation sites excluding steroid dienone is 1. The van der Waals surface area contributed by atoms with Gasteiger partial charge in [-0.25, -0.2) is 17.8 Å². The standard InChI is InChI=1S/C19H21FN4O4S/c1-3-27-17-5-4-13(20)8-18(17)29(25,26)24-14-9-15-16(6-7-21)23-12(2)11-28-19(15)22-10-14/h4-10,12,24H,3,11,21H2,1-2H3/t12-/m0/s1. The van der Waals surface area contributed by atoms with E-state index in [1.54, 1.807) is 13.0 Å². The van der Waals surface area contributed by atoms with Crippen molar-refractivity contribution in [2.75, 3.05) is 17.9 Å². The molecule has 1 aliphatic rings. The number of anilines is 1. The summed E-state index contributed by atoms with van der Waals surface area (Å²) in [7, 11) is -4.14. The van der Waals surface area contributed by atoms with E-state index in [0.717, 1.165) is 12.1 Å². The van der Waals surface area contributed by atoms with E-state index in [9.17, 15) is 12.8 Å². The zero-order valence-corrected chi connectivity index (χ0v) is 16.7. The largest absolute Gasteiger partial charge is 0.492 e. The molecule has 0 saturated carbocycles. The Morgan fingerprint density at radius 3 is 2.93 bits per heavy atom. The van der Waals surface area contributed by atoms with E-state index in [-0.39, 0.29) is 29.0 Å². The van der Waals surface area contributed by atoms with Gasteiger partial charge >= 0.3 is 0 Å². The number of nitrogens with zero attached hydrogens (tertiary/aromatic N) is 2. The Hall–Kier alpha value is -3.14. The van der Waals surface area contributed by atoms with Crippen LogP contribution in [0.1, 0.15) is 19.4 Å². The molecule has 2 heterocycles. The molecule has 0 unspecified atom stereocenters. The highest BCUT2D eigenvalue weighted by molar-refractivity contribution is 7.92. The first-order valence-electron chi connectivity index (χ1n) is 8.88. The molecular weight excluding hydrogens is 399 g/mol. The normalized spacial score (nSPS) is 16.5. The van der Waals surface area contributed by atoms with Crippen LogP contribution in [0.5, 0.6) is 11.6 Å². The Labute approximate surface area is 168 Å². The third-order valence-electron chi connectivity index (χ3n) is 3.95. The first-order chi connectivity index (χ1) is 13.8. The maximum absolute atomic E-state index is 13.7. The number of nitrogens with one attached hydrogen (secondary N) is 1. The summed E-state index contributed by atoms with van der Waals surface area (Å²) in [4.78, 5) is 8.37. The highest BCUT2D eigenvalue weighted by Crippen LogP contribution is 2.29. The number of benzene rings is 1. The van der Waals surface area contributed by atoms with Gasteiger partial charge in [0.1, 0.15) is 23.1 Å². The van der Waals surface area contributed by atoms with Crippen LogP contribution in [0.3, 0.4) is 0 Å². The minimum absolute atomic E-state index is 0.0505. The summed E-state index contributed by atoms with van der Waals surface area (Å²) in [6.45, 7) is 4.14. The van der Waals surface area contributed by atoms with Crippen LogP contribution < -0.4 is 19.9 Å². The lowest BCUT2D eigenvalue weighted by atomic mass is 10.1. The Bertz CT molecular complexity index is 1070. The van der Waals surface area contributed by atoms with E-state index in [0.29, 0.717) is 23.8 Å². The number of aromatic nitrogens is 1. The molecule has 0 fully saturated rings. The fourth-order valence-corrected chi connectivity index (χ4v) is 3.94. The van der Waals surface area contributed by atoms with Gasteiger partial charge in [0.2, 0.25) is 5.88 Å². The van der Waals surface area contributed by atoms with E-state index >= 15 is 0 Å². The van der Waals surface area contributed by atoms with Crippen molar-refractivity contribution in [2.45, 2.75) is 24.8 Å². The third kappa shape index (κ3) is 4.65. The number of halogens is 1. The van der Waals surface area contributed by atoms with Crippen LogP contribution in [0.2, 0.25) is 0 Å². The average Bonchev–Trinajstić information content (AvgIpc) is 2.82. The van der Waals surface area contributed by atoms with Crippen molar-refractivity contribution in [1.29, 1.82) is 0 Å².